The van der Waals surface area contributed by atoms with Crippen molar-refractivity contribution in [2.75, 3.05) is 5.73 Å². The van der Waals surface area contributed by atoms with E-state index in [4.69, 9.17) is 15.7 Å². The number of ether oxygens (including phenoxy) is 1. The van der Waals surface area contributed by atoms with Crippen LogP contribution in [0.5, 0.6) is 11.6 Å². The van der Waals surface area contributed by atoms with Gasteiger partial charge in [0.15, 0.2) is 0 Å². The van der Waals surface area contributed by atoms with Gasteiger partial charge in [0.05, 0.1) is 5.69 Å². The fourth-order valence-corrected chi connectivity index (χ4v) is 1.98. The number of anilines is 1. The van der Waals surface area contributed by atoms with E-state index in [0.29, 0.717) is 23.8 Å². The first kappa shape index (κ1) is 13.0. The highest BCUT2D eigenvalue weighted by atomic mass is 16.5. The molecular weight excluding hydrogens is 238 g/mol. The monoisotopic (exact) mass is 255 g/mol. The molecule has 0 bridgehead atoms. The lowest BCUT2D eigenvalue weighted by Gasteiger charge is -2.12. The number of aromatic nitrogens is 1. The summed E-state index contributed by atoms with van der Waals surface area (Å²) in [6.07, 6.45) is 0.910. The van der Waals surface area contributed by atoms with Crippen molar-refractivity contribution >= 4 is 5.69 Å². The lowest BCUT2D eigenvalue weighted by molar-refractivity contribution is 0.425. The van der Waals surface area contributed by atoms with Crippen LogP contribution in [0.4, 0.5) is 5.69 Å². The van der Waals surface area contributed by atoms with Gasteiger partial charge in [-0.2, -0.15) is 5.26 Å². The molecule has 2 aromatic rings. The first-order valence-corrected chi connectivity index (χ1v) is 6.30. The average molecular weight is 255 g/mol. The zero-order chi connectivity index (χ0) is 13.8. The Kier molecular flexibility index (Phi) is 3.76. The second-order valence-corrected chi connectivity index (χ2v) is 4.42. The maximum absolute atomic E-state index is 9.12. The minimum absolute atomic E-state index is 0.494. The molecule has 1 aromatic carbocycles. The molecule has 0 aliphatic rings. The number of nitrogens with two attached hydrogens (primary N) is 1. The van der Waals surface area contributed by atoms with Crippen LogP contribution in [0.25, 0.3) is 0 Å². The van der Waals surface area contributed by atoms with Crippen LogP contribution in [0.2, 0.25) is 0 Å². The van der Waals surface area contributed by atoms with Crippen molar-refractivity contribution in [2.24, 2.45) is 0 Å². The van der Waals surface area contributed by atoms with Gasteiger partial charge < -0.3 is 15.0 Å². The highest BCUT2D eigenvalue weighted by Gasteiger charge is 2.15. The van der Waals surface area contributed by atoms with Crippen LogP contribution in [0.3, 0.4) is 0 Å². The Morgan fingerprint density at radius 1 is 1.37 bits per heavy atom. The molecule has 0 spiro atoms. The zero-order valence-corrected chi connectivity index (χ0v) is 11.2. The molecule has 0 saturated heterocycles. The third-order valence-corrected chi connectivity index (χ3v) is 2.94. The highest BCUT2D eigenvalue weighted by Crippen LogP contribution is 2.32. The molecule has 0 aliphatic carbocycles. The summed E-state index contributed by atoms with van der Waals surface area (Å²) in [6, 6.07) is 11.5. The molecule has 0 atom stereocenters. The van der Waals surface area contributed by atoms with Crippen LogP contribution in [0.15, 0.2) is 30.3 Å². The minimum atomic E-state index is 0.494. The van der Waals surface area contributed by atoms with Crippen LogP contribution in [0, 0.1) is 18.3 Å². The predicted molar refractivity (Wildman–Crippen MR) is 75.1 cm³/mol. The van der Waals surface area contributed by atoms with E-state index in [-0.39, 0.29) is 0 Å². The summed E-state index contributed by atoms with van der Waals surface area (Å²) in [6.45, 7) is 4.74. The van der Waals surface area contributed by atoms with Crippen LogP contribution in [0.1, 0.15) is 24.6 Å². The smallest absolute Gasteiger partial charge is 0.224 e. The molecule has 2 N–H and O–H groups in total. The molecule has 19 heavy (non-hydrogen) atoms. The van der Waals surface area contributed by atoms with Gasteiger partial charge in [0, 0.05) is 12.6 Å². The molecule has 2 rings (SSSR count). The van der Waals surface area contributed by atoms with E-state index in [1.807, 2.05) is 35.8 Å². The van der Waals surface area contributed by atoms with Crippen molar-refractivity contribution in [3.8, 4) is 17.7 Å². The molecule has 0 radical (unpaired) electrons. The Morgan fingerprint density at radius 3 is 2.74 bits per heavy atom. The molecule has 1 heterocycles. The van der Waals surface area contributed by atoms with Crippen molar-refractivity contribution < 1.29 is 4.74 Å². The molecule has 98 valence electrons. The van der Waals surface area contributed by atoms with Crippen LogP contribution in [-0.2, 0) is 6.54 Å². The molecule has 4 nitrogen and oxygen atoms in total. The summed E-state index contributed by atoms with van der Waals surface area (Å²) in [4.78, 5) is 0. The number of hydrogen-bond donors (Lipinski definition) is 1. The Morgan fingerprint density at radius 2 is 2.11 bits per heavy atom. The molecule has 0 aliphatic heterocycles. The first-order valence-electron chi connectivity index (χ1n) is 6.30. The number of nitriles is 1. The van der Waals surface area contributed by atoms with Gasteiger partial charge in [0.1, 0.15) is 17.5 Å². The second-order valence-electron chi connectivity index (χ2n) is 4.42. The van der Waals surface area contributed by atoms with Crippen molar-refractivity contribution in [3.05, 3.63) is 41.6 Å². The fraction of sp³-hybridized carbons (Fsp3) is 0.267. The van der Waals surface area contributed by atoms with Gasteiger partial charge in [0.25, 0.3) is 0 Å². The normalized spacial score (nSPS) is 10.2. The lowest BCUT2D eigenvalue weighted by atomic mass is 10.2. The fourth-order valence-electron chi connectivity index (χ4n) is 1.98. The van der Waals surface area contributed by atoms with E-state index in [1.165, 1.54) is 0 Å². The van der Waals surface area contributed by atoms with Crippen LogP contribution < -0.4 is 10.5 Å². The lowest BCUT2D eigenvalue weighted by Crippen LogP contribution is -2.03. The molecular formula is C15H17N3O. The predicted octanol–water partition coefficient (Wildman–Crippen LogP) is 3.45. The Balaban J connectivity index is 2.43. The molecule has 0 saturated carbocycles. The molecule has 1 aromatic heterocycles. The van der Waals surface area contributed by atoms with Gasteiger partial charge in [-0.3, -0.25) is 0 Å². The second kappa shape index (κ2) is 5.49. The topological polar surface area (TPSA) is 64.0 Å². The third kappa shape index (κ3) is 2.55. The number of benzene rings is 1. The van der Waals surface area contributed by atoms with Crippen molar-refractivity contribution in [3.63, 3.8) is 0 Å². The number of rotatable bonds is 4. The first-order chi connectivity index (χ1) is 9.17. The minimum Gasteiger partial charge on any atom is -0.438 e. The van der Waals surface area contributed by atoms with Crippen LogP contribution >= 0.6 is 0 Å². The number of para-hydroxylation sites is 1. The highest BCUT2D eigenvalue weighted by molar-refractivity contribution is 5.56. The summed E-state index contributed by atoms with van der Waals surface area (Å²) in [5.41, 5.74) is 8.01. The van der Waals surface area contributed by atoms with Gasteiger partial charge in [-0.15, -0.1) is 0 Å². The van der Waals surface area contributed by atoms with Crippen LogP contribution in [-0.4, -0.2) is 4.57 Å². The Bertz CT molecular complexity index is 623. The van der Waals surface area contributed by atoms with E-state index in [1.54, 1.807) is 6.07 Å². The largest absolute Gasteiger partial charge is 0.438 e. The maximum atomic E-state index is 9.12. The number of nitrogen functional groups attached to an aromatic ring is 1. The Hall–Kier alpha value is -2.41. The van der Waals surface area contributed by atoms with E-state index in [2.05, 4.69) is 13.0 Å². The van der Waals surface area contributed by atoms with Crippen molar-refractivity contribution in [1.29, 1.82) is 5.26 Å². The van der Waals surface area contributed by atoms with Gasteiger partial charge >= 0.3 is 0 Å². The molecule has 0 fully saturated rings. The molecule has 4 heteroatoms. The van der Waals surface area contributed by atoms with Gasteiger partial charge in [0.2, 0.25) is 5.88 Å². The zero-order valence-electron chi connectivity index (χ0n) is 11.2. The maximum Gasteiger partial charge on any atom is 0.224 e. The van der Waals surface area contributed by atoms with Gasteiger partial charge in [-0.05, 0) is 25.0 Å². The summed E-state index contributed by atoms with van der Waals surface area (Å²) in [5, 5.41) is 9.12. The van der Waals surface area contributed by atoms with Crippen molar-refractivity contribution in [2.45, 2.75) is 26.8 Å². The average Bonchev–Trinajstić information content (AvgIpc) is 2.70. The summed E-state index contributed by atoms with van der Waals surface area (Å²) < 4.78 is 7.71. The van der Waals surface area contributed by atoms with E-state index >= 15 is 0 Å². The van der Waals surface area contributed by atoms with E-state index in [0.717, 1.165) is 17.7 Å². The summed E-state index contributed by atoms with van der Waals surface area (Å²) in [5.74, 6) is 1.31. The third-order valence-electron chi connectivity index (χ3n) is 2.94. The standard InChI is InChI=1S/C15H17N3O/c1-3-8-18-12(10-16)9-13(17)15(18)19-14-7-5-4-6-11(14)2/h4-7,9H,3,8,17H2,1-2H3. The Labute approximate surface area is 113 Å². The summed E-state index contributed by atoms with van der Waals surface area (Å²) >= 11 is 0. The number of aryl methyl sites for hydroxylation is 1. The molecule has 0 unspecified atom stereocenters. The van der Waals surface area contributed by atoms with Crippen molar-refractivity contribution in [1.82, 2.24) is 4.57 Å². The number of hydrogen-bond acceptors (Lipinski definition) is 3. The number of nitrogens with zero attached hydrogens (tertiary/aromatic N) is 2. The molecule has 0 amide bonds. The van der Waals surface area contributed by atoms with Gasteiger partial charge in [-0.25, -0.2) is 0 Å². The van der Waals surface area contributed by atoms with E-state index in [9.17, 15) is 0 Å². The van der Waals surface area contributed by atoms with E-state index < -0.39 is 0 Å². The summed E-state index contributed by atoms with van der Waals surface area (Å²) in [7, 11) is 0. The quantitative estimate of drug-likeness (QED) is 0.910. The van der Waals surface area contributed by atoms with Gasteiger partial charge in [-0.1, -0.05) is 25.1 Å². The SMILES string of the molecule is CCCn1c(C#N)cc(N)c1Oc1ccccc1C.